The number of rotatable bonds is 16. The van der Waals surface area contributed by atoms with E-state index < -0.39 is 0 Å². The smallest absolute Gasteiger partial charge is 0.194 e. The lowest BCUT2D eigenvalue weighted by Gasteiger charge is -2.10. The van der Waals surface area contributed by atoms with E-state index in [0.717, 1.165) is 22.3 Å². The predicted molar refractivity (Wildman–Crippen MR) is 167 cm³/mol. The average molecular weight is 611 g/mol. The number of ether oxygens (including phenoxy) is 7. The molecule has 0 fully saturated rings. The van der Waals surface area contributed by atoms with Crippen LogP contribution in [-0.4, -0.2) is 78.6 Å². The first-order chi connectivity index (χ1) is 22.1. The second-order valence-corrected chi connectivity index (χ2v) is 10.4. The highest BCUT2D eigenvalue weighted by molar-refractivity contribution is 6.22. The number of hydrogen-bond donors (Lipinski definition) is 0. The highest BCUT2D eigenvalue weighted by Crippen LogP contribution is 2.41. The first-order valence-electron chi connectivity index (χ1n) is 14.8. The summed E-state index contributed by atoms with van der Waals surface area (Å²) in [5.74, 6) is 2.51. The molecule has 2 aliphatic carbocycles. The maximum Gasteiger partial charge on any atom is 0.194 e. The van der Waals surface area contributed by atoms with Crippen molar-refractivity contribution in [1.29, 1.82) is 0 Å². The monoisotopic (exact) mass is 610 g/mol. The molecule has 0 amide bonds. The van der Waals surface area contributed by atoms with Crippen molar-refractivity contribution in [3.05, 3.63) is 95.1 Å². The summed E-state index contributed by atoms with van der Waals surface area (Å²) in [6, 6.07) is 22.2. The highest BCUT2D eigenvalue weighted by Gasteiger charge is 2.28. The fourth-order valence-corrected chi connectivity index (χ4v) is 5.49. The van der Waals surface area contributed by atoms with Gasteiger partial charge >= 0.3 is 0 Å². The third-order valence-electron chi connectivity index (χ3n) is 7.73. The lowest BCUT2D eigenvalue weighted by Crippen LogP contribution is -2.14. The van der Waals surface area contributed by atoms with E-state index in [0.29, 0.717) is 98.1 Å². The Morgan fingerprint density at radius 2 is 0.667 bits per heavy atom. The van der Waals surface area contributed by atoms with Gasteiger partial charge in [-0.25, -0.2) is 0 Å². The quantitative estimate of drug-likeness (QED) is 0.129. The summed E-state index contributed by atoms with van der Waals surface area (Å²) >= 11 is 0. The second kappa shape index (κ2) is 13.9. The lowest BCUT2D eigenvalue weighted by atomic mass is 10.1. The molecule has 232 valence electrons. The van der Waals surface area contributed by atoms with E-state index in [1.165, 1.54) is 0 Å². The van der Waals surface area contributed by atoms with Crippen LogP contribution in [0.2, 0.25) is 0 Å². The molecular formula is C36H34O9. The van der Waals surface area contributed by atoms with Crippen LogP contribution in [0.5, 0.6) is 23.0 Å². The van der Waals surface area contributed by atoms with Gasteiger partial charge in [-0.05, 0) is 95.1 Å². The molecule has 0 aromatic heterocycles. The Kier molecular flexibility index (Phi) is 9.40. The molecule has 0 saturated heterocycles. The Morgan fingerprint density at radius 3 is 1.00 bits per heavy atom. The van der Waals surface area contributed by atoms with Crippen molar-refractivity contribution in [2.45, 2.75) is 0 Å². The third-order valence-corrected chi connectivity index (χ3v) is 7.73. The zero-order valence-electron chi connectivity index (χ0n) is 25.3. The van der Waals surface area contributed by atoms with Crippen molar-refractivity contribution in [1.82, 2.24) is 0 Å². The van der Waals surface area contributed by atoms with Crippen LogP contribution >= 0.6 is 0 Å². The molecule has 0 heterocycles. The number of methoxy groups -OCH3 is 2. The van der Waals surface area contributed by atoms with Crippen LogP contribution in [0.4, 0.5) is 0 Å². The Hall–Kier alpha value is -4.70. The molecule has 6 rings (SSSR count). The summed E-state index contributed by atoms with van der Waals surface area (Å²) in [6.07, 6.45) is 0. The van der Waals surface area contributed by atoms with Crippen LogP contribution in [0, 0.1) is 0 Å². The summed E-state index contributed by atoms with van der Waals surface area (Å²) < 4.78 is 38.8. The van der Waals surface area contributed by atoms with E-state index in [9.17, 15) is 9.59 Å². The molecule has 4 aromatic rings. The summed E-state index contributed by atoms with van der Waals surface area (Å²) in [5.41, 5.74) is 6.18. The molecule has 0 atom stereocenters. The standard InChI is InChI=1S/C36H34O9/c1-39-23-3-7-27-29-9-5-25(21-33(29)35(37)31(27)19-23)44-17-15-42-13-11-41-12-14-43-16-18-45-26-6-10-30-28-8-4-24(40-2)20-32(28)36(38)34(30)22-26/h3-10,19-22H,11-18H2,1-2H3. The van der Waals surface area contributed by atoms with E-state index >= 15 is 0 Å². The molecule has 4 aromatic carbocycles. The number of ketones is 2. The molecule has 9 nitrogen and oxygen atoms in total. The summed E-state index contributed by atoms with van der Waals surface area (Å²) in [4.78, 5) is 25.7. The Labute approximate surface area is 261 Å². The van der Waals surface area contributed by atoms with Gasteiger partial charge in [-0.15, -0.1) is 0 Å². The van der Waals surface area contributed by atoms with Crippen LogP contribution in [-0.2, 0) is 14.2 Å². The van der Waals surface area contributed by atoms with Crippen molar-refractivity contribution < 1.29 is 42.7 Å². The van der Waals surface area contributed by atoms with Crippen LogP contribution in [0.1, 0.15) is 31.8 Å². The van der Waals surface area contributed by atoms with Crippen molar-refractivity contribution in [3.8, 4) is 45.3 Å². The zero-order valence-corrected chi connectivity index (χ0v) is 25.3. The summed E-state index contributed by atoms with van der Waals surface area (Å²) in [6.45, 7) is 3.24. The van der Waals surface area contributed by atoms with Crippen LogP contribution in [0.3, 0.4) is 0 Å². The minimum absolute atomic E-state index is 0.0282. The molecule has 0 N–H and O–H groups in total. The molecule has 45 heavy (non-hydrogen) atoms. The summed E-state index contributed by atoms with van der Waals surface area (Å²) in [7, 11) is 3.17. The second-order valence-electron chi connectivity index (χ2n) is 10.4. The fraction of sp³-hybridized carbons (Fsp3) is 0.278. The van der Waals surface area contributed by atoms with Crippen molar-refractivity contribution in [2.24, 2.45) is 0 Å². The van der Waals surface area contributed by atoms with E-state index in [2.05, 4.69) is 0 Å². The van der Waals surface area contributed by atoms with Gasteiger partial charge in [-0.2, -0.15) is 0 Å². The van der Waals surface area contributed by atoms with Gasteiger partial charge < -0.3 is 33.2 Å². The highest BCUT2D eigenvalue weighted by atomic mass is 16.6. The minimum atomic E-state index is -0.0282. The minimum Gasteiger partial charge on any atom is -0.497 e. The lowest BCUT2D eigenvalue weighted by molar-refractivity contribution is 0.00499. The maximum atomic E-state index is 12.9. The molecule has 0 bridgehead atoms. The van der Waals surface area contributed by atoms with Crippen molar-refractivity contribution >= 4 is 11.6 Å². The topological polar surface area (TPSA) is 98.8 Å². The van der Waals surface area contributed by atoms with Gasteiger partial charge in [0, 0.05) is 22.3 Å². The van der Waals surface area contributed by atoms with E-state index in [4.69, 9.17) is 33.2 Å². The van der Waals surface area contributed by atoms with Gasteiger partial charge in [0.25, 0.3) is 0 Å². The van der Waals surface area contributed by atoms with Gasteiger partial charge in [0.05, 0.1) is 53.9 Å². The largest absolute Gasteiger partial charge is 0.497 e. The Morgan fingerprint density at radius 1 is 0.378 bits per heavy atom. The Balaban J connectivity index is 0.809. The van der Waals surface area contributed by atoms with E-state index in [1.54, 1.807) is 38.5 Å². The molecule has 0 unspecified atom stereocenters. The van der Waals surface area contributed by atoms with Gasteiger partial charge in [0.2, 0.25) is 0 Å². The molecule has 0 saturated carbocycles. The van der Waals surface area contributed by atoms with Gasteiger partial charge in [0.15, 0.2) is 11.6 Å². The first kappa shape index (κ1) is 30.3. The van der Waals surface area contributed by atoms with Crippen molar-refractivity contribution in [3.63, 3.8) is 0 Å². The summed E-state index contributed by atoms with van der Waals surface area (Å²) in [5, 5.41) is 0. The van der Waals surface area contributed by atoms with Gasteiger partial charge in [0.1, 0.15) is 36.2 Å². The number of carbonyl (C=O) groups excluding carboxylic acids is 2. The number of fused-ring (bicyclic) bond motifs is 6. The molecular weight excluding hydrogens is 576 g/mol. The molecule has 0 radical (unpaired) electrons. The Bertz CT molecular complexity index is 1590. The van der Waals surface area contributed by atoms with Crippen LogP contribution in [0.25, 0.3) is 22.3 Å². The number of hydrogen-bond acceptors (Lipinski definition) is 9. The predicted octanol–water partition coefficient (Wildman–Crippen LogP) is 5.63. The number of benzene rings is 4. The van der Waals surface area contributed by atoms with Crippen LogP contribution in [0.15, 0.2) is 72.8 Å². The zero-order chi connectivity index (χ0) is 31.2. The first-order valence-corrected chi connectivity index (χ1v) is 14.8. The molecule has 0 spiro atoms. The fourth-order valence-electron chi connectivity index (χ4n) is 5.49. The van der Waals surface area contributed by atoms with Crippen molar-refractivity contribution in [2.75, 3.05) is 67.1 Å². The number of carbonyl (C=O) groups is 2. The molecule has 0 aliphatic heterocycles. The average Bonchev–Trinajstić information content (AvgIpc) is 3.51. The molecule has 9 heteroatoms. The molecule has 2 aliphatic rings. The van der Waals surface area contributed by atoms with Gasteiger partial charge in [-0.3, -0.25) is 9.59 Å². The maximum absolute atomic E-state index is 12.9. The van der Waals surface area contributed by atoms with Gasteiger partial charge in [-0.1, -0.05) is 0 Å². The van der Waals surface area contributed by atoms with E-state index in [1.807, 2.05) is 48.5 Å². The van der Waals surface area contributed by atoms with E-state index in [-0.39, 0.29) is 11.6 Å². The SMILES string of the molecule is COc1ccc2c(c1)C(=O)c1cc(OCCOCCOCCOCCOc3ccc4c(c3)C(=O)c3cc(OC)ccc3-4)ccc1-2. The third kappa shape index (κ3) is 6.56. The normalized spacial score (nSPS) is 12.4. The van der Waals surface area contributed by atoms with Crippen LogP contribution < -0.4 is 18.9 Å².